The molecular formula is C15H19NO3S. The Morgan fingerprint density at radius 1 is 1.40 bits per heavy atom. The summed E-state index contributed by atoms with van der Waals surface area (Å²) in [6.07, 6.45) is 1.57. The van der Waals surface area contributed by atoms with Gasteiger partial charge in [0.15, 0.2) is 9.84 Å². The van der Waals surface area contributed by atoms with Crippen LogP contribution < -0.4 is 5.32 Å². The molecule has 0 saturated carbocycles. The maximum Gasteiger partial charge on any atom is 0.150 e. The van der Waals surface area contributed by atoms with Gasteiger partial charge in [-0.25, -0.2) is 8.42 Å². The number of nitrogens with one attached hydrogen (secondary N) is 1. The Balaban J connectivity index is 1.79. The third-order valence-corrected chi connectivity index (χ3v) is 5.87. The van der Waals surface area contributed by atoms with E-state index in [0.717, 1.165) is 29.6 Å². The molecule has 20 heavy (non-hydrogen) atoms. The van der Waals surface area contributed by atoms with Crippen molar-refractivity contribution in [2.45, 2.75) is 18.9 Å². The van der Waals surface area contributed by atoms with Crippen molar-refractivity contribution in [2.24, 2.45) is 5.92 Å². The highest BCUT2D eigenvalue weighted by molar-refractivity contribution is 7.91. The SMILES string of the molecule is CNC(CC1CCS(=O)(=O)C1)c1cc2ccccc2o1. The van der Waals surface area contributed by atoms with E-state index in [0.29, 0.717) is 11.5 Å². The molecule has 3 rings (SSSR count). The average Bonchev–Trinajstić information content (AvgIpc) is 2.98. The van der Waals surface area contributed by atoms with Gasteiger partial charge in [-0.1, -0.05) is 18.2 Å². The maximum atomic E-state index is 11.5. The summed E-state index contributed by atoms with van der Waals surface area (Å²) in [7, 11) is -0.924. The molecule has 0 amide bonds. The zero-order chi connectivity index (χ0) is 14.2. The summed E-state index contributed by atoms with van der Waals surface area (Å²) in [5.74, 6) is 1.75. The predicted octanol–water partition coefficient (Wildman–Crippen LogP) is 2.52. The number of para-hydroxylation sites is 1. The highest BCUT2D eigenvalue weighted by atomic mass is 32.2. The van der Waals surface area contributed by atoms with Gasteiger partial charge in [0.25, 0.3) is 0 Å². The molecule has 1 saturated heterocycles. The van der Waals surface area contributed by atoms with Crippen LogP contribution in [0.15, 0.2) is 34.7 Å². The fourth-order valence-electron chi connectivity index (χ4n) is 2.94. The molecule has 0 spiro atoms. The van der Waals surface area contributed by atoms with Crippen LogP contribution in [0.4, 0.5) is 0 Å². The summed E-state index contributed by atoms with van der Waals surface area (Å²) < 4.78 is 29.0. The normalized spacial score (nSPS) is 23.1. The lowest BCUT2D eigenvalue weighted by atomic mass is 9.98. The maximum absolute atomic E-state index is 11.5. The molecule has 1 aromatic heterocycles. The van der Waals surface area contributed by atoms with Crippen LogP contribution in [0, 0.1) is 5.92 Å². The molecule has 2 heterocycles. The average molecular weight is 293 g/mol. The van der Waals surface area contributed by atoms with E-state index in [4.69, 9.17) is 4.42 Å². The first-order valence-corrected chi connectivity index (χ1v) is 8.76. The summed E-state index contributed by atoms with van der Waals surface area (Å²) in [6.45, 7) is 0. The van der Waals surface area contributed by atoms with Gasteiger partial charge in [0.05, 0.1) is 17.5 Å². The number of rotatable bonds is 4. The number of sulfone groups is 1. The van der Waals surface area contributed by atoms with Crippen molar-refractivity contribution >= 4 is 20.8 Å². The third-order valence-electron chi connectivity index (χ3n) is 4.03. The lowest BCUT2D eigenvalue weighted by molar-refractivity contribution is 0.380. The van der Waals surface area contributed by atoms with Crippen LogP contribution in [0.25, 0.3) is 11.0 Å². The third kappa shape index (κ3) is 2.74. The minimum absolute atomic E-state index is 0.0701. The first kappa shape index (κ1) is 13.6. The highest BCUT2D eigenvalue weighted by Gasteiger charge is 2.30. The molecule has 1 aliphatic rings. The zero-order valence-electron chi connectivity index (χ0n) is 11.5. The summed E-state index contributed by atoms with van der Waals surface area (Å²) in [6, 6.07) is 10.0. The molecule has 0 radical (unpaired) electrons. The second-order valence-corrected chi connectivity index (χ2v) is 7.76. The smallest absolute Gasteiger partial charge is 0.150 e. The van der Waals surface area contributed by atoms with E-state index in [1.54, 1.807) is 0 Å². The molecule has 1 aromatic carbocycles. The number of benzene rings is 1. The number of fused-ring (bicyclic) bond motifs is 1. The van der Waals surface area contributed by atoms with Crippen molar-refractivity contribution in [1.82, 2.24) is 5.32 Å². The molecule has 2 atom stereocenters. The first-order valence-electron chi connectivity index (χ1n) is 6.93. The molecule has 1 aliphatic heterocycles. The topological polar surface area (TPSA) is 59.3 Å². The molecule has 0 bridgehead atoms. The van der Waals surface area contributed by atoms with Crippen LogP contribution in [0.1, 0.15) is 24.6 Å². The lowest BCUT2D eigenvalue weighted by Gasteiger charge is -2.17. The van der Waals surface area contributed by atoms with Crippen LogP contribution in [0.2, 0.25) is 0 Å². The van der Waals surface area contributed by atoms with Crippen LogP contribution in [0.3, 0.4) is 0 Å². The zero-order valence-corrected chi connectivity index (χ0v) is 12.3. The largest absolute Gasteiger partial charge is 0.459 e. The van der Waals surface area contributed by atoms with Crippen LogP contribution in [-0.4, -0.2) is 27.0 Å². The van der Waals surface area contributed by atoms with Gasteiger partial charge < -0.3 is 9.73 Å². The van der Waals surface area contributed by atoms with E-state index in [2.05, 4.69) is 5.32 Å². The van der Waals surface area contributed by atoms with Crippen molar-refractivity contribution in [2.75, 3.05) is 18.6 Å². The molecule has 2 aromatic rings. The number of furan rings is 1. The molecular weight excluding hydrogens is 274 g/mol. The summed E-state index contributed by atoms with van der Waals surface area (Å²) >= 11 is 0. The van der Waals surface area contributed by atoms with E-state index in [1.165, 1.54) is 0 Å². The van der Waals surface area contributed by atoms with Gasteiger partial charge in [0.1, 0.15) is 11.3 Å². The Labute approximate surface area is 119 Å². The Kier molecular flexibility index (Phi) is 3.56. The highest BCUT2D eigenvalue weighted by Crippen LogP contribution is 2.31. The van der Waals surface area contributed by atoms with Gasteiger partial charge in [-0.2, -0.15) is 0 Å². The number of hydrogen-bond acceptors (Lipinski definition) is 4. The van der Waals surface area contributed by atoms with Crippen molar-refractivity contribution in [3.8, 4) is 0 Å². The summed E-state index contributed by atoms with van der Waals surface area (Å²) in [5, 5.41) is 4.33. The molecule has 0 aliphatic carbocycles. The Bertz CT molecular complexity index is 672. The molecule has 5 heteroatoms. The quantitative estimate of drug-likeness (QED) is 0.941. The second kappa shape index (κ2) is 5.22. The second-order valence-electron chi connectivity index (χ2n) is 5.53. The van der Waals surface area contributed by atoms with Gasteiger partial charge in [-0.05, 0) is 37.9 Å². The van der Waals surface area contributed by atoms with Gasteiger partial charge in [0.2, 0.25) is 0 Å². The van der Waals surface area contributed by atoms with Gasteiger partial charge in [0, 0.05) is 5.39 Å². The summed E-state index contributed by atoms with van der Waals surface area (Å²) in [4.78, 5) is 0. The van der Waals surface area contributed by atoms with Crippen molar-refractivity contribution < 1.29 is 12.8 Å². The van der Waals surface area contributed by atoms with Gasteiger partial charge in [-0.3, -0.25) is 0 Å². The Morgan fingerprint density at radius 2 is 2.20 bits per heavy atom. The van der Waals surface area contributed by atoms with Crippen molar-refractivity contribution in [3.63, 3.8) is 0 Å². The first-order chi connectivity index (χ1) is 9.57. The lowest BCUT2D eigenvalue weighted by Crippen LogP contribution is -2.20. The number of hydrogen-bond donors (Lipinski definition) is 1. The van der Waals surface area contributed by atoms with Crippen molar-refractivity contribution in [1.29, 1.82) is 0 Å². The Hall–Kier alpha value is -1.33. The fraction of sp³-hybridized carbons (Fsp3) is 0.467. The molecule has 108 valence electrons. The Morgan fingerprint density at radius 3 is 2.85 bits per heavy atom. The summed E-state index contributed by atoms with van der Waals surface area (Å²) in [5.41, 5.74) is 0.877. The van der Waals surface area contributed by atoms with E-state index < -0.39 is 9.84 Å². The van der Waals surface area contributed by atoms with Gasteiger partial charge >= 0.3 is 0 Å². The van der Waals surface area contributed by atoms with E-state index in [1.807, 2.05) is 37.4 Å². The minimum atomic E-state index is -2.81. The minimum Gasteiger partial charge on any atom is -0.459 e. The van der Waals surface area contributed by atoms with Gasteiger partial charge in [-0.15, -0.1) is 0 Å². The van der Waals surface area contributed by atoms with E-state index in [-0.39, 0.29) is 12.0 Å². The molecule has 1 fully saturated rings. The molecule has 2 unspecified atom stereocenters. The standard InChI is InChI=1S/C15H19NO3S/c1-16-13(8-11-6-7-20(17,18)10-11)15-9-12-4-2-3-5-14(12)19-15/h2-5,9,11,13,16H,6-8,10H2,1H3. The predicted molar refractivity (Wildman–Crippen MR) is 79.4 cm³/mol. The van der Waals surface area contributed by atoms with Crippen LogP contribution >= 0.6 is 0 Å². The van der Waals surface area contributed by atoms with E-state index in [9.17, 15) is 8.42 Å². The van der Waals surface area contributed by atoms with Crippen LogP contribution in [0.5, 0.6) is 0 Å². The van der Waals surface area contributed by atoms with Crippen LogP contribution in [-0.2, 0) is 9.84 Å². The fourth-order valence-corrected chi connectivity index (χ4v) is 4.82. The molecule has 1 N–H and O–H groups in total. The van der Waals surface area contributed by atoms with E-state index >= 15 is 0 Å². The molecule has 4 nitrogen and oxygen atoms in total. The monoisotopic (exact) mass is 293 g/mol. The van der Waals surface area contributed by atoms with Crippen molar-refractivity contribution in [3.05, 3.63) is 36.1 Å².